The summed E-state index contributed by atoms with van der Waals surface area (Å²) in [6, 6.07) is 11.4. The van der Waals surface area contributed by atoms with Crippen LogP contribution in [0.15, 0.2) is 48.8 Å². The molecule has 0 atom stereocenters. The predicted octanol–water partition coefficient (Wildman–Crippen LogP) is 4.43. The van der Waals surface area contributed by atoms with Crippen LogP contribution in [0.4, 0.5) is 16.0 Å². The number of anilines is 2. The number of nitrogens with zero attached hydrogens (tertiary/aromatic N) is 4. The van der Waals surface area contributed by atoms with Gasteiger partial charge in [-0.15, -0.1) is 0 Å². The lowest BCUT2D eigenvalue weighted by Crippen LogP contribution is -1.97. The van der Waals surface area contributed by atoms with Crippen LogP contribution in [0.5, 0.6) is 0 Å². The molecule has 0 amide bonds. The lowest BCUT2D eigenvalue weighted by molar-refractivity contribution is 0.630. The molecule has 1 aromatic carbocycles. The standard InChI is InChI=1S/C18H10ClFN6/c19-11-2-1-3-12(20)15(11)17-24-13-5-7-23-18(16(13)26-17)25-14-8-10(9-21)4-6-22-14/h1-8H,(H,24,26)(H,22,23,25). The van der Waals surface area contributed by atoms with Crippen molar-refractivity contribution >= 4 is 34.3 Å². The Hall–Kier alpha value is -3.50. The van der Waals surface area contributed by atoms with Gasteiger partial charge in [-0.2, -0.15) is 5.26 Å². The van der Waals surface area contributed by atoms with E-state index in [1.807, 2.05) is 0 Å². The normalized spacial score (nSPS) is 10.7. The summed E-state index contributed by atoms with van der Waals surface area (Å²) in [5.41, 5.74) is 1.83. The lowest BCUT2D eigenvalue weighted by atomic mass is 10.2. The molecule has 0 aliphatic rings. The number of hydrogen-bond donors (Lipinski definition) is 2. The summed E-state index contributed by atoms with van der Waals surface area (Å²) in [5, 5.41) is 12.3. The third-order valence-electron chi connectivity index (χ3n) is 3.74. The highest BCUT2D eigenvalue weighted by Gasteiger charge is 2.16. The fraction of sp³-hybridized carbons (Fsp3) is 0. The molecule has 4 aromatic rings. The Bertz CT molecular complexity index is 1140. The van der Waals surface area contributed by atoms with Crippen molar-refractivity contribution in [3.05, 3.63) is 65.2 Å². The molecule has 0 radical (unpaired) electrons. The zero-order chi connectivity index (χ0) is 18.1. The van der Waals surface area contributed by atoms with E-state index in [1.165, 1.54) is 18.3 Å². The van der Waals surface area contributed by atoms with Gasteiger partial charge in [0.2, 0.25) is 0 Å². The van der Waals surface area contributed by atoms with E-state index in [-0.39, 0.29) is 10.6 Å². The zero-order valence-corrected chi connectivity index (χ0v) is 13.9. The van der Waals surface area contributed by atoms with Crippen molar-refractivity contribution in [2.45, 2.75) is 0 Å². The van der Waals surface area contributed by atoms with E-state index < -0.39 is 5.82 Å². The van der Waals surface area contributed by atoms with Crippen molar-refractivity contribution in [3.63, 3.8) is 0 Å². The number of nitriles is 1. The molecule has 0 saturated carbocycles. The molecule has 3 heterocycles. The van der Waals surface area contributed by atoms with Gasteiger partial charge < -0.3 is 10.3 Å². The topological polar surface area (TPSA) is 90.3 Å². The van der Waals surface area contributed by atoms with Crippen molar-refractivity contribution in [1.82, 2.24) is 19.9 Å². The Balaban J connectivity index is 1.80. The Labute approximate surface area is 152 Å². The number of aromatic nitrogens is 4. The second kappa shape index (κ2) is 6.43. The van der Waals surface area contributed by atoms with Gasteiger partial charge in [-0.05, 0) is 30.3 Å². The first-order valence-corrected chi connectivity index (χ1v) is 7.96. The molecular formula is C18H10ClFN6. The second-order valence-electron chi connectivity index (χ2n) is 5.40. The highest BCUT2D eigenvalue weighted by molar-refractivity contribution is 6.33. The number of imidazole rings is 1. The minimum Gasteiger partial charge on any atom is -0.335 e. The molecule has 0 unspecified atom stereocenters. The van der Waals surface area contributed by atoms with Crippen molar-refractivity contribution in [2.24, 2.45) is 0 Å². The van der Waals surface area contributed by atoms with E-state index in [1.54, 1.807) is 30.5 Å². The summed E-state index contributed by atoms with van der Waals surface area (Å²) in [6.45, 7) is 0. The van der Waals surface area contributed by atoms with Gasteiger partial charge in [0.25, 0.3) is 0 Å². The maximum atomic E-state index is 14.2. The fourth-order valence-electron chi connectivity index (χ4n) is 2.56. The molecule has 0 aliphatic carbocycles. The van der Waals surface area contributed by atoms with Crippen LogP contribution in [0.2, 0.25) is 5.02 Å². The van der Waals surface area contributed by atoms with E-state index in [9.17, 15) is 4.39 Å². The molecule has 4 rings (SSSR count). The Morgan fingerprint density at radius 3 is 2.81 bits per heavy atom. The Morgan fingerprint density at radius 2 is 2.00 bits per heavy atom. The molecule has 0 spiro atoms. The van der Waals surface area contributed by atoms with Gasteiger partial charge in [-0.1, -0.05) is 17.7 Å². The van der Waals surface area contributed by atoms with E-state index in [0.29, 0.717) is 34.1 Å². The van der Waals surface area contributed by atoms with Gasteiger partial charge in [0.05, 0.1) is 27.7 Å². The van der Waals surface area contributed by atoms with Gasteiger partial charge >= 0.3 is 0 Å². The third kappa shape index (κ3) is 2.83. The van der Waals surface area contributed by atoms with Crippen LogP contribution >= 0.6 is 11.6 Å². The molecule has 0 bridgehead atoms. The number of hydrogen-bond acceptors (Lipinski definition) is 5. The average molecular weight is 365 g/mol. The van der Waals surface area contributed by atoms with Crippen LogP contribution < -0.4 is 5.32 Å². The van der Waals surface area contributed by atoms with Gasteiger partial charge in [0.1, 0.15) is 23.0 Å². The molecule has 0 aliphatic heterocycles. The van der Waals surface area contributed by atoms with Crippen LogP contribution in [0, 0.1) is 17.1 Å². The summed E-state index contributed by atoms with van der Waals surface area (Å²) in [4.78, 5) is 15.9. The molecular weight excluding hydrogens is 355 g/mol. The van der Waals surface area contributed by atoms with Crippen LogP contribution in [0.25, 0.3) is 22.4 Å². The van der Waals surface area contributed by atoms with Gasteiger partial charge in [0, 0.05) is 12.4 Å². The van der Waals surface area contributed by atoms with Crippen LogP contribution in [-0.2, 0) is 0 Å². The monoisotopic (exact) mass is 364 g/mol. The molecule has 26 heavy (non-hydrogen) atoms. The smallest absolute Gasteiger partial charge is 0.157 e. The summed E-state index contributed by atoms with van der Waals surface area (Å²) in [7, 11) is 0. The number of halogens is 2. The highest BCUT2D eigenvalue weighted by Crippen LogP contribution is 2.31. The molecule has 3 aromatic heterocycles. The molecule has 8 heteroatoms. The molecule has 0 fully saturated rings. The van der Waals surface area contributed by atoms with Gasteiger partial charge in [-0.3, -0.25) is 0 Å². The molecule has 6 nitrogen and oxygen atoms in total. The summed E-state index contributed by atoms with van der Waals surface area (Å²) >= 11 is 6.12. The molecule has 126 valence electrons. The summed E-state index contributed by atoms with van der Waals surface area (Å²) in [6.07, 6.45) is 3.10. The third-order valence-corrected chi connectivity index (χ3v) is 4.05. The molecule has 0 saturated heterocycles. The number of benzene rings is 1. The Kier molecular flexibility index (Phi) is 3.95. The average Bonchev–Trinajstić information content (AvgIpc) is 3.06. The number of nitrogens with one attached hydrogen (secondary N) is 2. The first kappa shape index (κ1) is 16.0. The maximum absolute atomic E-state index is 14.2. The van der Waals surface area contributed by atoms with E-state index >= 15 is 0 Å². The minimum absolute atomic E-state index is 0.195. The highest BCUT2D eigenvalue weighted by atomic mass is 35.5. The van der Waals surface area contributed by atoms with Crippen LogP contribution in [0.3, 0.4) is 0 Å². The number of aromatic amines is 1. The van der Waals surface area contributed by atoms with Crippen molar-refractivity contribution < 1.29 is 4.39 Å². The number of fused-ring (bicyclic) bond motifs is 1. The molecule has 2 N–H and O–H groups in total. The summed E-state index contributed by atoms with van der Waals surface area (Å²) < 4.78 is 14.2. The first-order chi connectivity index (χ1) is 12.7. The first-order valence-electron chi connectivity index (χ1n) is 7.58. The van der Waals surface area contributed by atoms with Gasteiger partial charge in [-0.25, -0.2) is 19.3 Å². The predicted molar refractivity (Wildman–Crippen MR) is 96.5 cm³/mol. The zero-order valence-electron chi connectivity index (χ0n) is 13.2. The van der Waals surface area contributed by atoms with Crippen molar-refractivity contribution in [3.8, 4) is 17.5 Å². The summed E-state index contributed by atoms with van der Waals surface area (Å²) in [5.74, 6) is 0.751. The quantitative estimate of drug-likeness (QED) is 0.561. The maximum Gasteiger partial charge on any atom is 0.157 e. The number of pyridine rings is 2. The largest absolute Gasteiger partial charge is 0.335 e. The number of H-pyrrole nitrogens is 1. The minimum atomic E-state index is -0.470. The number of rotatable bonds is 3. The van der Waals surface area contributed by atoms with Crippen LogP contribution in [-0.4, -0.2) is 19.9 Å². The second-order valence-corrected chi connectivity index (χ2v) is 5.81. The van der Waals surface area contributed by atoms with Crippen LogP contribution in [0.1, 0.15) is 5.56 Å². The van der Waals surface area contributed by atoms with Crippen molar-refractivity contribution in [2.75, 3.05) is 5.32 Å². The van der Waals surface area contributed by atoms with E-state index in [4.69, 9.17) is 16.9 Å². The Morgan fingerprint density at radius 1 is 1.15 bits per heavy atom. The van der Waals surface area contributed by atoms with E-state index in [0.717, 1.165) is 0 Å². The van der Waals surface area contributed by atoms with Crippen molar-refractivity contribution in [1.29, 1.82) is 5.26 Å². The SMILES string of the molecule is N#Cc1ccnc(Nc2nccc3nc(-c4c(F)cccc4Cl)[nH]c23)c1. The van der Waals surface area contributed by atoms with E-state index in [2.05, 4.69) is 31.3 Å². The lowest BCUT2D eigenvalue weighted by Gasteiger charge is -2.05. The fourth-order valence-corrected chi connectivity index (χ4v) is 2.81. The van der Waals surface area contributed by atoms with Gasteiger partial charge in [0.15, 0.2) is 5.82 Å².